The van der Waals surface area contributed by atoms with Crippen LogP contribution in [0.5, 0.6) is 0 Å². The number of hydrogen-bond acceptors (Lipinski definition) is 2. The molecular weight excluding hydrogens is 403 g/mol. The van der Waals surface area contributed by atoms with Crippen LogP contribution < -0.4 is 0 Å². The van der Waals surface area contributed by atoms with Gasteiger partial charge in [0, 0.05) is 30.2 Å². The highest BCUT2D eigenvalue weighted by Gasteiger charge is 2.33. The third kappa shape index (κ3) is 3.27. The normalized spacial score (nSPS) is 16.9. The number of nitrogens with zero attached hydrogens (tertiary/aromatic N) is 1. The van der Waals surface area contributed by atoms with E-state index in [1.54, 1.807) is 18.2 Å². The topological polar surface area (TPSA) is 53.2 Å². The Morgan fingerprint density at radius 2 is 1.67 bits per heavy atom. The molecule has 7 heteroatoms. The van der Waals surface area contributed by atoms with Gasteiger partial charge in [0.05, 0.1) is 10.0 Å². The Balaban J connectivity index is 1.58. The molecule has 1 saturated heterocycles. The van der Waals surface area contributed by atoms with Crippen molar-refractivity contribution in [2.45, 2.75) is 30.6 Å². The fourth-order valence-electron chi connectivity index (χ4n) is 3.93. The number of hydrogen-bond donors (Lipinski definition) is 1. The molecule has 4 nitrogen and oxygen atoms in total. The first-order chi connectivity index (χ1) is 12.9. The Kier molecular flexibility index (Phi) is 4.97. The smallest absolute Gasteiger partial charge is 0.246 e. The number of aromatic amines is 1. The molecule has 1 aliphatic heterocycles. The van der Waals surface area contributed by atoms with Crippen molar-refractivity contribution in [3.8, 4) is 0 Å². The Hall–Kier alpha value is -1.53. The number of H-pyrrole nitrogens is 1. The molecule has 0 aliphatic carbocycles. The summed E-state index contributed by atoms with van der Waals surface area (Å²) in [4.78, 5) is 3.38. The molecule has 0 saturated carbocycles. The summed E-state index contributed by atoms with van der Waals surface area (Å²) < 4.78 is 27.6. The van der Waals surface area contributed by atoms with E-state index in [2.05, 4.69) is 36.3 Å². The van der Waals surface area contributed by atoms with Crippen molar-refractivity contribution < 1.29 is 8.42 Å². The lowest BCUT2D eigenvalue weighted by molar-refractivity contribution is 0.320. The zero-order valence-electron chi connectivity index (χ0n) is 14.9. The Morgan fingerprint density at radius 1 is 1.04 bits per heavy atom. The summed E-state index contributed by atoms with van der Waals surface area (Å²) >= 11 is 12.3. The van der Waals surface area contributed by atoms with Crippen LogP contribution in [0, 0.1) is 6.92 Å². The maximum Gasteiger partial charge on any atom is 0.246 e. The second kappa shape index (κ2) is 7.13. The number of sulfonamides is 1. The third-order valence-electron chi connectivity index (χ3n) is 5.37. The zero-order valence-corrected chi connectivity index (χ0v) is 17.2. The number of piperidine rings is 1. The van der Waals surface area contributed by atoms with Gasteiger partial charge >= 0.3 is 0 Å². The van der Waals surface area contributed by atoms with Gasteiger partial charge in [0.2, 0.25) is 10.0 Å². The van der Waals surface area contributed by atoms with Gasteiger partial charge < -0.3 is 4.98 Å². The fraction of sp³-hybridized carbons (Fsp3) is 0.300. The molecule has 1 fully saturated rings. The Labute approximate surface area is 169 Å². The van der Waals surface area contributed by atoms with Crippen molar-refractivity contribution in [3.63, 3.8) is 0 Å². The maximum absolute atomic E-state index is 13.0. The van der Waals surface area contributed by atoms with E-state index in [1.807, 2.05) is 0 Å². The SMILES string of the molecule is Cc1cccc2c(C3CCN(S(=O)(=O)c4c(Cl)cccc4Cl)CC3)c[nH]c12. The van der Waals surface area contributed by atoms with Crippen LogP contribution in [0.15, 0.2) is 47.5 Å². The second-order valence-corrected chi connectivity index (χ2v) is 9.66. The maximum atomic E-state index is 13.0. The van der Waals surface area contributed by atoms with E-state index in [0.29, 0.717) is 19.0 Å². The summed E-state index contributed by atoms with van der Waals surface area (Å²) in [5, 5.41) is 1.55. The molecule has 1 aromatic heterocycles. The lowest BCUT2D eigenvalue weighted by Gasteiger charge is -2.31. The number of rotatable bonds is 3. The molecule has 0 atom stereocenters. The van der Waals surface area contributed by atoms with Crippen molar-refractivity contribution in [2.75, 3.05) is 13.1 Å². The molecule has 27 heavy (non-hydrogen) atoms. The van der Waals surface area contributed by atoms with E-state index in [1.165, 1.54) is 20.8 Å². The van der Waals surface area contributed by atoms with E-state index in [9.17, 15) is 8.42 Å². The minimum atomic E-state index is -3.70. The molecule has 142 valence electrons. The molecule has 0 bridgehead atoms. The number of fused-ring (bicyclic) bond motifs is 1. The number of benzene rings is 2. The van der Waals surface area contributed by atoms with Crippen LogP contribution in [0.1, 0.15) is 29.9 Å². The van der Waals surface area contributed by atoms with Gasteiger partial charge in [-0.05, 0) is 48.9 Å². The lowest BCUT2D eigenvalue weighted by atomic mass is 9.90. The Morgan fingerprint density at radius 3 is 2.33 bits per heavy atom. The van der Waals surface area contributed by atoms with Crippen LogP contribution in [-0.2, 0) is 10.0 Å². The lowest BCUT2D eigenvalue weighted by Crippen LogP contribution is -2.38. The van der Waals surface area contributed by atoms with Gasteiger partial charge in [0.25, 0.3) is 0 Å². The molecule has 1 N–H and O–H groups in total. The van der Waals surface area contributed by atoms with Gasteiger partial charge in [-0.2, -0.15) is 4.31 Å². The van der Waals surface area contributed by atoms with Crippen LogP contribution in [-0.4, -0.2) is 30.8 Å². The predicted octanol–water partition coefficient (Wildman–Crippen LogP) is 5.35. The molecule has 2 aromatic carbocycles. The summed E-state index contributed by atoms with van der Waals surface area (Å²) in [5.41, 5.74) is 3.64. The van der Waals surface area contributed by atoms with Crippen molar-refractivity contribution in [1.82, 2.24) is 9.29 Å². The summed E-state index contributed by atoms with van der Waals surface area (Å²) in [7, 11) is -3.70. The highest BCUT2D eigenvalue weighted by molar-refractivity contribution is 7.89. The van der Waals surface area contributed by atoms with E-state index in [0.717, 1.165) is 18.4 Å². The summed E-state index contributed by atoms with van der Waals surface area (Å²) in [6.45, 7) is 2.99. The summed E-state index contributed by atoms with van der Waals surface area (Å²) in [6, 6.07) is 11.0. The monoisotopic (exact) mass is 422 g/mol. The molecular formula is C20H20Cl2N2O2S. The molecule has 1 aliphatic rings. The molecule has 3 aromatic rings. The molecule has 4 rings (SSSR count). The fourth-order valence-corrected chi connectivity index (χ4v) is 6.49. The van der Waals surface area contributed by atoms with Crippen LogP contribution in [0.4, 0.5) is 0 Å². The minimum Gasteiger partial charge on any atom is -0.361 e. The van der Waals surface area contributed by atoms with Gasteiger partial charge in [0.15, 0.2) is 0 Å². The second-order valence-electron chi connectivity index (χ2n) is 6.97. The van der Waals surface area contributed by atoms with Crippen molar-refractivity contribution >= 4 is 44.1 Å². The highest BCUT2D eigenvalue weighted by Crippen LogP contribution is 2.37. The molecule has 0 radical (unpaired) electrons. The van der Waals surface area contributed by atoms with E-state index >= 15 is 0 Å². The third-order valence-corrected chi connectivity index (χ3v) is 8.22. The van der Waals surface area contributed by atoms with Gasteiger partial charge in [-0.15, -0.1) is 0 Å². The average molecular weight is 423 g/mol. The van der Waals surface area contributed by atoms with Crippen LogP contribution in [0.25, 0.3) is 10.9 Å². The Bertz CT molecular complexity index is 1080. The minimum absolute atomic E-state index is 0.00880. The largest absolute Gasteiger partial charge is 0.361 e. The van der Waals surface area contributed by atoms with Gasteiger partial charge in [0.1, 0.15) is 4.90 Å². The van der Waals surface area contributed by atoms with Crippen LogP contribution in [0.3, 0.4) is 0 Å². The number of aromatic nitrogens is 1. The quantitative estimate of drug-likeness (QED) is 0.617. The predicted molar refractivity (Wildman–Crippen MR) is 110 cm³/mol. The molecule has 2 heterocycles. The van der Waals surface area contributed by atoms with Crippen LogP contribution in [0.2, 0.25) is 10.0 Å². The standard InChI is InChI=1S/C20H20Cl2N2O2S/c1-13-4-2-5-15-16(12-23-19(13)15)14-8-10-24(11-9-14)27(25,26)20-17(21)6-3-7-18(20)22/h2-7,12,14,23H,8-11H2,1H3. The summed E-state index contributed by atoms with van der Waals surface area (Å²) in [5.74, 6) is 0.328. The average Bonchev–Trinajstić information content (AvgIpc) is 3.07. The highest BCUT2D eigenvalue weighted by atomic mass is 35.5. The van der Waals surface area contributed by atoms with Gasteiger partial charge in [-0.3, -0.25) is 0 Å². The first kappa shape index (κ1) is 18.8. The molecule has 0 spiro atoms. The first-order valence-corrected chi connectivity index (χ1v) is 11.1. The molecule has 0 amide bonds. The number of halogens is 2. The zero-order chi connectivity index (χ0) is 19.2. The first-order valence-electron chi connectivity index (χ1n) is 8.90. The number of nitrogens with one attached hydrogen (secondary N) is 1. The summed E-state index contributed by atoms with van der Waals surface area (Å²) in [6.07, 6.45) is 3.60. The van der Waals surface area contributed by atoms with Crippen molar-refractivity contribution in [1.29, 1.82) is 0 Å². The number of aryl methyl sites for hydroxylation is 1. The van der Waals surface area contributed by atoms with E-state index in [-0.39, 0.29) is 14.9 Å². The van der Waals surface area contributed by atoms with Gasteiger partial charge in [-0.1, -0.05) is 47.5 Å². The van der Waals surface area contributed by atoms with E-state index < -0.39 is 10.0 Å². The van der Waals surface area contributed by atoms with Crippen LogP contribution >= 0.6 is 23.2 Å². The van der Waals surface area contributed by atoms with E-state index in [4.69, 9.17) is 23.2 Å². The molecule has 0 unspecified atom stereocenters. The van der Waals surface area contributed by atoms with Gasteiger partial charge in [-0.25, -0.2) is 8.42 Å². The number of para-hydroxylation sites is 1. The van der Waals surface area contributed by atoms with Crippen molar-refractivity contribution in [2.24, 2.45) is 0 Å². The van der Waals surface area contributed by atoms with Crippen molar-refractivity contribution in [3.05, 3.63) is 63.8 Å².